The van der Waals surface area contributed by atoms with E-state index >= 15 is 0 Å². The summed E-state index contributed by atoms with van der Waals surface area (Å²) in [4.78, 5) is 14.5. The molecule has 1 fully saturated rings. The molecule has 2 aromatic rings. The molecule has 1 saturated carbocycles. The summed E-state index contributed by atoms with van der Waals surface area (Å²) in [5.74, 6) is 0.681. The number of carbonyl (C=O) groups excluding carboxylic acids is 1. The fourth-order valence-electron chi connectivity index (χ4n) is 2.88. The Kier molecular flexibility index (Phi) is 4.20. The largest absolute Gasteiger partial charge is 0.375 e. The molecule has 4 rings (SSSR count). The third kappa shape index (κ3) is 3.28. The zero-order valence-electron chi connectivity index (χ0n) is 13.5. The Bertz CT molecular complexity index is 713. The van der Waals surface area contributed by atoms with Crippen LogP contribution in [0.2, 0.25) is 0 Å². The smallest absolute Gasteiger partial charge is 0.255 e. The minimum atomic E-state index is -0.0376. The fraction of sp³-hybridized carbons (Fsp3) is 0.562. The second-order valence-electron chi connectivity index (χ2n) is 6.38. The summed E-state index contributed by atoms with van der Waals surface area (Å²) < 4.78 is 7.65. The number of fused-ring (bicyclic) bond motifs is 1. The molecule has 24 heavy (non-hydrogen) atoms. The highest BCUT2D eigenvalue weighted by Gasteiger charge is 2.25. The third-order valence-corrected chi connectivity index (χ3v) is 4.46. The second kappa shape index (κ2) is 6.64. The summed E-state index contributed by atoms with van der Waals surface area (Å²) >= 11 is 0. The van der Waals surface area contributed by atoms with Gasteiger partial charge >= 0.3 is 0 Å². The zero-order valence-corrected chi connectivity index (χ0v) is 13.5. The predicted molar refractivity (Wildman–Crippen MR) is 83.8 cm³/mol. The van der Waals surface area contributed by atoms with Crippen molar-refractivity contribution in [1.29, 1.82) is 0 Å². The first kappa shape index (κ1) is 15.2. The van der Waals surface area contributed by atoms with Crippen LogP contribution in [-0.4, -0.2) is 49.1 Å². The zero-order chi connectivity index (χ0) is 16.4. The molecular formula is C16H20N6O2. The highest BCUT2D eigenvalue weighted by molar-refractivity contribution is 5.93. The van der Waals surface area contributed by atoms with Gasteiger partial charge in [0.05, 0.1) is 36.8 Å². The van der Waals surface area contributed by atoms with Crippen molar-refractivity contribution in [1.82, 2.24) is 30.1 Å². The minimum absolute atomic E-state index is 0.0376. The average molecular weight is 328 g/mol. The maximum absolute atomic E-state index is 12.7. The number of hydrogen-bond donors (Lipinski definition) is 0. The van der Waals surface area contributed by atoms with Gasteiger partial charge in [-0.25, -0.2) is 4.68 Å². The van der Waals surface area contributed by atoms with Crippen LogP contribution in [0.15, 0.2) is 18.5 Å². The molecule has 0 saturated heterocycles. The number of aryl methyl sites for hydroxylation is 1. The van der Waals surface area contributed by atoms with Gasteiger partial charge in [-0.2, -0.15) is 10.2 Å². The molecule has 3 heterocycles. The van der Waals surface area contributed by atoms with Crippen LogP contribution in [0, 0.1) is 5.92 Å². The lowest BCUT2D eigenvalue weighted by atomic mass is 10.2. The van der Waals surface area contributed by atoms with Gasteiger partial charge in [0.25, 0.3) is 5.91 Å². The van der Waals surface area contributed by atoms with Crippen molar-refractivity contribution in [3.8, 4) is 0 Å². The molecule has 126 valence electrons. The summed E-state index contributed by atoms with van der Waals surface area (Å²) in [5, 5.41) is 16.0. The van der Waals surface area contributed by atoms with Crippen molar-refractivity contribution in [2.24, 2.45) is 5.92 Å². The Hall–Kier alpha value is -2.35. The molecule has 1 aliphatic heterocycles. The van der Waals surface area contributed by atoms with Gasteiger partial charge in [0.1, 0.15) is 5.69 Å². The summed E-state index contributed by atoms with van der Waals surface area (Å²) in [7, 11) is 0. The molecule has 0 spiro atoms. The number of aromatic nitrogens is 5. The minimum Gasteiger partial charge on any atom is -0.375 e. The molecule has 1 aliphatic carbocycles. The van der Waals surface area contributed by atoms with Crippen LogP contribution in [-0.2, 0) is 24.4 Å². The molecule has 8 heteroatoms. The Morgan fingerprint density at radius 1 is 1.29 bits per heavy atom. The van der Waals surface area contributed by atoms with Crippen LogP contribution in [0.4, 0.5) is 0 Å². The molecule has 0 aromatic carbocycles. The van der Waals surface area contributed by atoms with Crippen molar-refractivity contribution >= 4 is 5.91 Å². The first-order valence-electron chi connectivity index (χ1n) is 8.36. The van der Waals surface area contributed by atoms with E-state index in [1.54, 1.807) is 6.07 Å². The highest BCUT2D eigenvalue weighted by Crippen LogP contribution is 2.29. The van der Waals surface area contributed by atoms with Gasteiger partial charge in [-0.15, -0.1) is 5.10 Å². The van der Waals surface area contributed by atoms with E-state index in [0.717, 1.165) is 36.9 Å². The van der Waals surface area contributed by atoms with E-state index in [4.69, 9.17) is 4.74 Å². The van der Waals surface area contributed by atoms with Crippen LogP contribution >= 0.6 is 0 Å². The van der Waals surface area contributed by atoms with Crippen LogP contribution < -0.4 is 0 Å². The lowest BCUT2D eigenvalue weighted by Gasteiger charge is -2.20. The molecule has 0 unspecified atom stereocenters. The molecule has 0 radical (unpaired) electrons. The average Bonchev–Trinajstić information content (AvgIpc) is 3.40. The molecule has 1 amide bonds. The molecule has 2 aliphatic rings. The predicted octanol–water partition coefficient (Wildman–Crippen LogP) is 1.04. The van der Waals surface area contributed by atoms with E-state index in [1.165, 1.54) is 25.2 Å². The van der Waals surface area contributed by atoms with Gasteiger partial charge in [-0.05, 0) is 31.2 Å². The van der Waals surface area contributed by atoms with Crippen LogP contribution in [0.5, 0.6) is 0 Å². The third-order valence-electron chi connectivity index (χ3n) is 4.46. The first-order valence-corrected chi connectivity index (χ1v) is 8.36. The van der Waals surface area contributed by atoms with Crippen LogP contribution in [0.1, 0.15) is 41.0 Å². The van der Waals surface area contributed by atoms with E-state index in [1.807, 2.05) is 9.58 Å². The second-order valence-corrected chi connectivity index (χ2v) is 6.38. The molecule has 0 N–H and O–H groups in total. The molecule has 0 bridgehead atoms. The van der Waals surface area contributed by atoms with Crippen molar-refractivity contribution in [2.45, 2.75) is 39.0 Å². The quantitative estimate of drug-likeness (QED) is 0.815. The Balaban J connectivity index is 1.48. The highest BCUT2D eigenvalue weighted by atomic mass is 16.5. The molecule has 2 aromatic heterocycles. The Morgan fingerprint density at radius 3 is 3.00 bits per heavy atom. The normalized spacial score (nSPS) is 17.4. The number of nitrogens with zero attached hydrogens (tertiary/aromatic N) is 6. The van der Waals surface area contributed by atoms with Gasteiger partial charge in [0.15, 0.2) is 0 Å². The number of rotatable bonds is 5. The number of carbonyl (C=O) groups is 1. The van der Waals surface area contributed by atoms with Crippen LogP contribution in [0.3, 0.4) is 0 Å². The van der Waals surface area contributed by atoms with Gasteiger partial charge in [0, 0.05) is 19.7 Å². The monoisotopic (exact) mass is 328 g/mol. The Morgan fingerprint density at radius 2 is 2.21 bits per heavy atom. The lowest BCUT2D eigenvalue weighted by molar-refractivity contribution is 0.0740. The van der Waals surface area contributed by atoms with E-state index in [-0.39, 0.29) is 5.91 Å². The summed E-state index contributed by atoms with van der Waals surface area (Å²) in [6.45, 7) is 3.20. The summed E-state index contributed by atoms with van der Waals surface area (Å²) in [5.41, 5.74) is 2.36. The van der Waals surface area contributed by atoms with E-state index in [2.05, 4.69) is 20.5 Å². The van der Waals surface area contributed by atoms with Gasteiger partial charge in [-0.1, -0.05) is 5.21 Å². The van der Waals surface area contributed by atoms with E-state index in [0.29, 0.717) is 25.3 Å². The SMILES string of the molecule is O=C(c1ccnnc1)N1CCCn2nnc(COCC3CC3)c2C1. The fourth-order valence-corrected chi connectivity index (χ4v) is 2.88. The van der Waals surface area contributed by atoms with Crippen molar-refractivity contribution in [3.63, 3.8) is 0 Å². The maximum atomic E-state index is 12.7. The topological polar surface area (TPSA) is 86.0 Å². The number of ether oxygens (including phenoxy) is 1. The number of hydrogen-bond acceptors (Lipinski definition) is 6. The maximum Gasteiger partial charge on any atom is 0.255 e. The number of amides is 1. The van der Waals surface area contributed by atoms with E-state index in [9.17, 15) is 4.79 Å². The van der Waals surface area contributed by atoms with Crippen LogP contribution in [0.25, 0.3) is 0 Å². The summed E-state index contributed by atoms with van der Waals surface area (Å²) in [6.07, 6.45) is 6.42. The van der Waals surface area contributed by atoms with Crippen molar-refractivity contribution < 1.29 is 9.53 Å². The molecular weight excluding hydrogens is 308 g/mol. The standard InChI is InChI=1S/C16H20N6O2/c23-16(13-4-5-17-18-8-13)21-6-1-7-22-15(9-21)14(19-20-22)11-24-10-12-2-3-12/h4-5,8,12H,1-3,6-7,9-11H2. The first-order chi connectivity index (χ1) is 11.8. The van der Waals surface area contributed by atoms with Gasteiger partial charge < -0.3 is 9.64 Å². The lowest BCUT2D eigenvalue weighted by Crippen LogP contribution is -2.31. The Labute approximate surface area is 139 Å². The van der Waals surface area contributed by atoms with Crippen molar-refractivity contribution in [3.05, 3.63) is 35.4 Å². The molecule has 0 atom stereocenters. The van der Waals surface area contributed by atoms with Gasteiger partial charge in [0.2, 0.25) is 0 Å². The summed E-state index contributed by atoms with van der Waals surface area (Å²) in [6, 6.07) is 1.69. The van der Waals surface area contributed by atoms with Gasteiger partial charge in [-0.3, -0.25) is 4.79 Å². The van der Waals surface area contributed by atoms with Crippen molar-refractivity contribution in [2.75, 3.05) is 13.2 Å². The van der Waals surface area contributed by atoms with E-state index < -0.39 is 0 Å². The molecule has 8 nitrogen and oxygen atoms in total.